The van der Waals surface area contributed by atoms with Crippen LogP contribution in [0.25, 0.3) is 0 Å². The molecule has 3 nitrogen and oxygen atoms in total. The Kier molecular flexibility index (Phi) is 5.75. The van der Waals surface area contributed by atoms with E-state index in [1.54, 1.807) is 0 Å². The second-order valence-corrected chi connectivity index (χ2v) is 5.44. The van der Waals surface area contributed by atoms with Crippen molar-refractivity contribution in [1.29, 1.82) is 0 Å². The Hall–Kier alpha value is -0.120. The third kappa shape index (κ3) is 4.23. The van der Waals surface area contributed by atoms with Crippen LogP contribution >= 0.6 is 0 Å². The van der Waals surface area contributed by atoms with E-state index < -0.39 is 0 Å². The zero-order valence-corrected chi connectivity index (χ0v) is 11.3. The van der Waals surface area contributed by atoms with Crippen molar-refractivity contribution in [3.8, 4) is 0 Å². The maximum absolute atomic E-state index is 5.73. The van der Waals surface area contributed by atoms with E-state index in [-0.39, 0.29) is 0 Å². The molecule has 0 aromatic heterocycles. The zero-order valence-electron chi connectivity index (χ0n) is 11.3. The molecule has 100 valence electrons. The van der Waals surface area contributed by atoms with E-state index in [4.69, 9.17) is 4.74 Å². The van der Waals surface area contributed by atoms with Crippen molar-refractivity contribution in [3.63, 3.8) is 0 Å². The van der Waals surface area contributed by atoms with Crippen LogP contribution in [-0.4, -0.2) is 49.8 Å². The van der Waals surface area contributed by atoms with Gasteiger partial charge in [0.1, 0.15) is 0 Å². The van der Waals surface area contributed by atoms with Gasteiger partial charge in [0.2, 0.25) is 0 Å². The molecule has 0 radical (unpaired) electrons. The van der Waals surface area contributed by atoms with Crippen molar-refractivity contribution in [1.82, 2.24) is 10.2 Å². The molecule has 0 saturated carbocycles. The maximum atomic E-state index is 5.73. The van der Waals surface area contributed by atoms with Crippen molar-refractivity contribution in [2.75, 3.05) is 32.8 Å². The van der Waals surface area contributed by atoms with Crippen LogP contribution in [0.2, 0.25) is 0 Å². The molecule has 3 heteroatoms. The molecule has 2 heterocycles. The maximum Gasteiger partial charge on any atom is 0.0588 e. The quantitative estimate of drug-likeness (QED) is 0.769. The minimum Gasteiger partial charge on any atom is -0.378 e. The Labute approximate surface area is 106 Å². The first kappa shape index (κ1) is 13.3. The average Bonchev–Trinajstić information content (AvgIpc) is 2.88. The fourth-order valence-corrected chi connectivity index (χ4v) is 3.12. The number of nitrogens with zero attached hydrogens (tertiary/aromatic N) is 1. The van der Waals surface area contributed by atoms with Gasteiger partial charge in [0.25, 0.3) is 0 Å². The topological polar surface area (TPSA) is 24.5 Å². The minimum absolute atomic E-state index is 0.552. The van der Waals surface area contributed by atoms with Gasteiger partial charge in [-0.2, -0.15) is 0 Å². The number of ether oxygens (including phenoxy) is 1. The molecule has 1 atom stereocenters. The highest BCUT2D eigenvalue weighted by molar-refractivity contribution is 4.79. The molecule has 17 heavy (non-hydrogen) atoms. The Morgan fingerprint density at radius 2 is 2.00 bits per heavy atom. The standard InChI is InChI=1S/C14H28N2O/c1-2-10-16(13-5-8-15-9-6-13)11-7-14-4-3-12-17-14/h13-15H,2-12H2,1H3. The van der Waals surface area contributed by atoms with Gasteiger partial charge in [-0.3, -0.25) is 0 Å². The van der Waals surface area contributed by atoms with Crippen LogP contribution in [0.15, 0.2) is 0 Å². The number of nitrogens with one attached hydrogen (secondary N) is 1. The molecular weight excluding hydrogens is 212 g/mol. The van der Waals surface area contributed by atoms with Crippen LogP contribution in [0.1, 0.15) is 45.4 Å². The highest BCUT2D eigenvalue weighted by Gasteiger charge is 2.22. The van der Waals surface area contributed by atoms with E-state index >= 15 is 0 Å². The van der Waals surface area contributed by atoms with Gasteiger partial charge in [0, 0.05) is 19.2 Å². The Morgan fingerprint density at radius 1 is 1.18 bits per heavy atom. The molecule has 0 spiro atoms. The SMILES string of the molecule is CCCN(CCC1CCCO1)C1CCNCC1. The lowest BCUT2D eigenvalue weighted by Gasteiger charge is -2.35. The van der Waals surface area contributed by atoms with Crippen LogP contribution in [0.4, 0.5) is 0 Å². The Morgan fingerprint density at radius 3 is 2.65 bits per heavy atom. The van der Waals surface area contributed by atoms with Gasteiger partial charge < -0.3 is 15.0 Å². The average molecular weight is 240 g/mol. The van der Waals surface area contributed by atoms with Crippen LogP contribution in [0.3, 0.4) is 0 Å². The lowest BCUT2D eigenvalue weighted by atomic mass is 10.0. The van der Waals surface area contributed by atoms with E-state index in [1.807, 2.05) is 0 Å². The molecule has 0 aliphatic carbocycles. The van der Waals surface area contributed by atoms with Crippen molar-refractivity contribution < 1.29 is 4.74 Å². The molecule has 0 bridgehead atoms. The number of piperidine rings is 1. The predicted octanol–water partition coefficient (Wildman–Crippen LogP) is 2.02. The van der Waals surface area contributed by atoms with Crippen molar-refractivity contribution in [3.05, 3.63) is 0 Å². The molecule has 1 unspecified atom stereocenters. The molecule has 0 amide bonds. The number of hydrogen-bond acceptors (Lipinski definition) is 3. The molecule has 2 aliphatic rings. The van der Waals surface area contributed by atoms with E-state index in [9.17, 15) is 0 Å². The van der Waals surface area contributed by atoms with E-state index in [1.165, 1.54) is 64.7 Å². The first-order chi connectivity index (χ1) is 8.40. The third-order valence-corrected chi connectivity index (χ3v) is 4.10. The lowest BCUT2D eigenvalue weighted by molar-refractivity contribution is 0.0793. The Bertz CT molecular complexity index is 198. The summed E-state index contributed by atoms with van der Waals surface area (Å²) in [6.07, 6.45) is 8.27. The Balaban J connectivity index is 1.74. The van der Waals surface area contributed by atoms with E-state index in [2.05, 4.69) is 17.1 Å². The van der Waals surface area contributed by atoms with Gasteiger partial charge in [-0.05, 0) is 58.2 Å². The summed E-state index contributed by atoms with van der Waals surface area (Å²) in [4.78, 5) is 2.71. The van der Waals surface area contributed by atoms with Gasteiger partial charge in [0.15, 0.2) is 0 Å². The van der Waals surface area contributed by atoms with Crippen LogP contribution in [0, 0.1) is 0 Å². The number of rotatable bonds is 6. The summed E-state index contributed by atoms with van der Waals surface area (Å²) in [6.45, 7) is 8.18. The normalized spacial score (nSPS) is 26.8. The van der Waals surface area contributed by atoms with Gasteiger partial charge in [-0.25, -0.2) is 0 Å². The predicted molar refractivity (Wildman–Crippen MR) is 71.3 cm³/mol. The molecule has 0 aromatic carbocycles. The van der Waals surface area contributed by atoms with Crippen molar-refractivity contribution in [2.45, 2.75) is 57.6 Å². The van der Waals surface area contributed by atoms with Crippen LogP contribution in [-0.2, 0) is 4.74 Å². The summed E-state index contributed by atoms with van der Waals surface area (Å²) in [6, 6.07) is 0.817. The van der Waals surface area contributed by atoms with Crippen molar-refractivity contribution >= 4 is 0 Å². The van der Waals surface area contributed by atoms with Crippen LogP contribution in [0.5, 0.6) is 0 Å². The molecule has 0 aromatic rings. The van der Waals surface area contributed by atoms with Gasteiger partial charge >= 0.3 is 0 Å². The molecular formula is C14H28N2O. The molecule has 2 saturated heterocycles. The largest absolute Gasteiger partial charge is 0.378 e. The zero-order chi connectivity index (χ0) is 11.9. The summed E-state index contributed by atoms with van der Waals surface area (Å²) >= 11 is 0. The fraction of sp³-hybridized carbons (Fsp3) is 1.00. The second kappa shape index (κ2) is 7.34. The minimum atomic E-state index is 0.552. The molecule has 2 fully saturated rings. The second-order valence-electron chi connectivity index (χ2n) is 5.44. The summed E-state index contributed by atoms with van der Waals surface area (Å²) in [7, 11) is 0. The van der Waals surface area contributed by atoms with Gasteiger partial charge in [-0.15, -0.1) is 0 Å². The molecule has 2 rings (SSSR count). The van der Waals surface area contributed by atoms with Crippen molar-refractivity contribution in [2.24, 2.45) is 0 Å². The fourth-order valence-electron chi connectivity index (χ4n) is 3.12. The van der Waals surface area contributed by atoms with Crippen LogP contribution < -0.4 is 5.32 Å². The highest BCUT2D eigenvalue weighted by atomic mass is 16.5. The smallest absolute Gasteiger partial charge is 0.0588 e. The van der Waals surface area contributed by atoms with Gasteiger partial charge in [-0.1, -0.05) is 6.92 Å². The van der Waals surface area contributed by atoms with E-state index in [0.29, 0.717) is 6.10 Å². The highest BCUT2D eigenvalue weighted by Crippen LogP contribution is 2.18. The monoisotopic (exact) mass is 240 g/mol. The van der Waals surface area contributed by atoms with E-state index in [0.717, 1.165) is 12.6 Å². The summed E-state index contributed by atoms with van der Waals surface area (Å²) in [5.74, 6) is 0. The van der Waals surface area contributed by atoms with Gasteiger partial charge in [0.05, 0.1) is 6.10 Å². The molecule has 2 aliphatic heterocycles. The number of hydrogen-bond donors (Lipinski definition) is 1. The first-order valence-corrected chi connectivity index (χ1v) is 7.46. The molecule has 1 N–H and O–H groups in total. The summed E-state index contributed by atoms with van der Waals surface area (Å²) < 4.78 is 5.73. The third-order valence-electron chi connectivity index (χ3n) is 4.10. The lowest BCUT2D eigenvalue weighted by Crippen LogP contribution is -2.44. The summed E-state index contributed by atoms with van der Waals surface area (Å²) in [5.41, 5.74) is 0. The first-order valence-electron chi connectivity index (χ1n) is 7.46. The summed E-state index contributed by atoms with van der Waals surface area (Å²) in [5, 5.41) is 3.46.